The molecule has 1 amide bonds. The van der Waals surface area contributed by atoms with E-state index in [-0.39, 0.29) is 11.8 Å². The Bertz CT molecular complexity index is 1720. The maximum Gasteiger partial charge on any atom is 0.345 e. The van der Waals surface area contributed by atoms with Gasteiger partial charge in [-0.2, -0.15) is 4.98 Å². The topological polar surface area (TPSA) is 109 Å². The van der Waals surface area contributed by atoms with Gasteiger partial charge in [0.1, 0.15) is 4.88 Å². The highest BCUT2D eigenvalue weighted by Gasteiger charge is 2.28. The van der Waals surface area contributed by atoms with Gasteiger partial charge in [0.15, 0.2) is 0 Å². The number of anilines is 2. The van der Waals surface area contributed by atoms with Crippen LogP contribution in [0.25, 0.3) is 11.4 Å². The molecule has 1 atom stereocenters. The van der Waals surface area contributed by atoms with Gasteiger partial charge in [-0.15, -0.1) is 11.3 Å². The lowest BCUT2D eigenvalue weighted by molar-refractivity contribution is 0.0702. The molecular formula is C31H26N4O4S. The van der Waals surface area contributed by atoms with Crippen LogP contribution in [0.15, 0.2) is 83.4 Å². The van der Waals surface area contributed by atoms with Crippen molar-refractivity contribution in [3.63, 3.8) is 0 Å². The number of carbonyl (C=O) groups is 2. The minimum atomic E-state index is -0.916. The number of fused-ring (bicyclic) bond motifs is 1. The molecule has 3 aromatic carbocycles. The summed E-state index contributed by atoms with van der Waals surface area (Å²) in [7, 11) is 0. The van der Waals surface area contributed by atoms with E-state index in [9.17, 15) is 9.59 Å². The summed E-state index contributed by atoms with van der Waals surface area (Å²) in [6.45, 7) is 5.10. The van der Waals surface area contributed by atoms with Gasteiger partial charge in [0.25, 0.3) is 5.91 Å². The molecule has 1 aliphatic heterocycles. The first kappa shape index (κ1) is 25.5. The summed E-state index contributed by atoms with van der Waals surface area (Å²) in [4.78, 5) is 31.7. The largest absolute Gasteiger partial charge is 0.477 e. The van der Waals surface area contributed by atoms with E-state index >= 15 is 0 Å². The smallest absolute Gasteiger partial charge is 0.345 e. The average molecular weight is 551 g/mol. The van der Waals surface area contributed by atoms with E-state index in [4.69, 9.17) is 9.63 Å². The third-order valence-corrected chi connectivity index (χ3v) is 8.23. The monoisotopic (exact) mass is 550 g/mol. The molecule has 0 saturated heterocycles. The molecule has 2 N–H and O–H groups in total. The Kier molecular flexibility index (Phi) is 6.65. The zero-order valence-electron chi connectivity index (χ0n) is 21.9. The van der Waals surface area contributed by atoms with Gasteiger partial charge in [0, 0.05) is 33.9 Å². The summed E-state index contributed by atoms with van der Waals surface area (Å²) in [5, 5.41) is 16.8. The second kappa shape index (κ2) is 10.4. The van der Waals surface area contributed by atoms with Crippen LogP contribution >= 0.6 is 11.3 Å². The molecule has 5 aromatic rings. The van der Waals surface area contributed by atoms with Crippen molar-refractivity contribution < 1.29 is 19.2 Å². The maximum atomic E-state index is 12.8. The van der Waals surface area contributed by atoms with Crippen molar-refractivity contribution in [1.29, 1.82) is 0 Å². The lowest BCUT2D eigenvalue weighted by atomic mass is 10.0. The Morgan fingerprint density at radius 2 is 1.90 bits per heavy atom. The quantitative estimate of drug-likeness (QED) is 0.220. The predicted octanol–water partition coefficient (Wildman–Crippen LogP) is 6.73. The fraction of sp³-hybridized carbons (Fsp3) is 0.161. The zero-order chi connectivity index (χ0) is 27.8. The molecule has 3 heterocycles. The van der Waals surface area contributed by atoms with Crippen molar-refractivity contribution in [2.24, 2.45) is 0 Å². The number of thiophene rings is 1. The number of carboxylic acids is 1. The van der Waals surface area contributed by atoms with Crippen LogP contribution in [-0.2, 0) is 13.1 Å². The molecule has 0 radical (unpaired) electrons. The first-order valence-corrected chi connectivity index (χ1v) is 13.7. The molecule has 40 heavy (non-hydrogen) atoms. The van der Waals surface area contributed by atoms with Gasteiger partial charge in [0.2, 0.25) is 11.7 Å². The number of aromatic nitrogens is 2. The Balaban J connectivity index is 1.15. The molecule has 1 unspecified atom stereocenters. The van der Waals surface area contributed by atoms with Crippen LogP contribution in [0.5, 0.6) is 0 Å². The fourth-order valence-electron chi connectivity index (χ4n) is 4.80. The average Bonchev–Trinajstić information content (AvgIpc) is 3.72. The summed E-state index contributed by atoms with van der Waals surface area (Å²) in [5.74, 6) is -0.0360. The summed E-state index contributed by atoms with van der Waals surface area (Å²) in [6.07, 6.45) is 0. The van der Waals surface area contributed by atoms with Crippen molar-refractivity contribution in [2.75, 3.05) is 10.2 Å². The van der Waals surface area contributed by atoms with Crippen LogP contribution in [0, 0.1) is 6.92 Å². The number of benzene rings is 3. The van der Waals surface area contributed by atoms with Crippen LogP contribution < -0.4 is 10.2 Å². The van der Waals surface area contributed by atoms with Gasteiger partial charge in [-0.3, -0.25) is 4.79 Å². The second-order valence-corrected chi connectivity index (χ2v) is 10.9. The lowest BCUT2D eigenvalue weighted by Gasteiger charge is -2.17. The summed E-state index contributed by atoms with van der Waals surface area (Å²) >= 11 is 1.26. The van der Waals surface area contributed by atoms with Gasteiger partial charge in [-0.25, -0.2) is 4.79 Å². The Morgan fingerprint density at radius 1 is 1.10 bits per heavy atom. The van der Waals surface area contributed by atoms with Crippen LogP contribution in [-0.4, -0.2) is 27.1 Å². The fourth-order valence-corrected chi connectivity index (χ4v) is 5.58. The predicted molar refractivity (Wildman–Crippen MR) is 154 cm³/mol. The summed E-state index contributed by atoms with van der Waals surface area (Å²) in [6, 6.07) is 25.0. The van der Waals surface area contributed by atoms with E-state index < -0.39 is 5.97 Å². The number of rotatable bonds is 8. The maximum absolute atomic E-state index is 12.8. The third-order valence-electron chi connectivity index (χ3n) is 7.16. The minimum Gasteiger partial charge on any atom is -0.477 e. The molecule has 0 spiro atoms. The van der Waals surface area contributed by atoms with E-state index in [1.54, 1.807) is 11.0 Å². The number of nitrogens with zero attached hydrogens (tertiary/aromatic N) is 3. The summed E-state index contributed by atoms with van der Waals surface area (Å²) < 4.78 is 5.65. The van der Waals surface area contributed by atoms with Gasteiger partial charge in [-0.1, -0.05) is 47.6 Å². The Labute approximate surface area is 234 Å². The molecule has 200 valence electrons. The molecule has 0 saturated carbocycles. The molecule has 6 rings (SSSR count). The first-order valence-electron chi connectivity index (χ1n) is 12.9. The van der Waals surface area contributed by atoms with E-state index in [1.807, 2.05) is 86.6 Å². The molecule has 0 bridgehead atoms. The van der Waals surface area contributed by atoms with E-state index in [2.05, 4.69) is 15.5 Å². The highest BCUT2D eigenvalue weighted by molar-refractivity contribution is 7.13. The highest BCUT2D eigenvalue weighted by atomic mass is 32.1. The Hall–Kier alpha value is -4.76. The van der Waals surface area contributed by atoms with Gasteiger partial charge < -0.3 is 19.8 Å². The van der Waals surface area contributed by atoms with Gasteiger partial charge >= 0.3 is 5.97 Å². The number of carboxylic acid groups (broad SMARTS) is 1. The summed E-state index contributed by atoms with van der Waals surface area (Å²) in [5.41, 5.74) is 6.43. The second-order valence-electron chi connectivity index (χ2n) is 9.77. The molecule has 8 nitrogen and oxygen atoms in total. The SMILES string of the molecule is Cc1ccc(-c2noc(C(C)c3ccc(N4Cc5ccccc5C4=O)cc3)n2)cc1NCc1ccc(C(=O)O)s1. The minimum absolute atomic E-state index is 0.0188. The van der Waals surface area contributed by atoms with Crippen LogP contribution in [0.2, 0.25) is 0 Å². The molecule has 1 aliphatic rings. The van der Waals surface area contributed by atoms with Gasteiger partial charge in [-0.05, 0) is 66.9 Å². The van der Waals surface area contributed by atoms with Crippen molar-refractivity contribution in [1.82, 2.24) is 10.1 Å². The normalized spacial score (nSPS) is 13.3. The number of amides is 1. The van der Waals surface area contributed by atoms with E-state index in [1.165, 1.54) is 11.3 Å². The molecule has 0 fully saturated rings. The lowest BCUT2D eigenvalue weighted by Crippen LogP contribution is -2.22. The number of hydrogen-bond acceptors (Lipinski definition) is 7. The number of aryl methyl sites for hydroxylation is 1. The standard InChI is InChI=1S/C31H26N4O4S/c1-18-7-8-21(15-26(18)32-16-24-13-14-27(40-24)31(37)38)28-33-29(39-34-28)19(2)20-9-11-23(12-10-20)35-17-22-5-3-4-6-25(22)30(35)36/h3-15,19,32H,16-17H2,1-2H3,(H,37,38). The zero-order valence-corrected chi connectivity index (χ0v) is 22.7. The molecule has 2 aromatic heterocycles. The highest BCUT2D eigenvalue weighted by Crippen LogP contribution is 2.32. The van der Waals surface area contributed by atoms with Crippen molar-refractivity contribution in [3.8, 4) is 11.4 Å². The van der Waals surface area contributed by atoms with Crippen LogP contribution in [0.1, 0.15) is 60.3 Å². The Morgan fingerprint density at radius 3 is 2.65 bits per heavy atom. The number of carbonyl (C=O) groups excluding carboxylic acids is 1. The van der Waals surface area contributed by atoms with Crippen molar-refractivity contribution in [2.45, 2.75) is 32.9 Å². The van der Waals surface area contributed by atoms with Crippen LogP contribution in [0.3, 0.4) is 0 Å². The molecule has 0 aliphatic carbocycles. The molecular weight excluding hydrogens is 524 g/mol. The third kappa shape index (κ3) is 4.87. The number of hydrogen-bond donors (Lipinski definition) is 2. The number of nitrogens with one attached hydrogen (secondary N) is 1. The molecule has 9 heteroatoms. The number of aromatic carboxylic acids is 1. The van der Waals surface area contributed by atoms with E-state index in [0.29, 0.717) is 29.7 Å². The van der Waals surface area contributed by atoms with Gasteiger partial charge in [0.05, 0.1) is 12.5 Å². The van der Waals surface area contributed by atoms with Crippen molar-refractivity contribution in [3.05, 3.63) is 117 Å². The first-order chi connectivity index (χ1) is 19.4. The van der Waals surface area contributed by atoms with E-state index in [0.717, 1.165) is 44.1 Å². The van der Waals surface area contributed by atoms with Crippen LogP contribution in [0.4, 0.5) is 11.4 Å². The van der Waals surface area contributed by atoms with Crippen molar-refractivity contribution >= 4 is 34.6 Å².